The molecule has 2 rings (SSSR count). The van der Waals surface area contributed by atoms with E-state index in [0.29, 0.717) is 28.9 Å². The van der Waals surface area contributed by atoms with E-state index < -0.39 is 0 Å². The molecule has 122 valence electrons. The number of ether oxygens (including phenoxy) is 3. The number of aryl methyl sites for hydroxylation is 1. The van der Waals surface area contributed by atoms with Crippen LogP contribution in [0.1, 0.15) is 18.1 Å². The predicted octanol–water partition coefficient (Wildman–Crippen LogP) is 4.81. The molecule has 0 fully saturated rings. The lowest BCUT2D eigenvalue weighted by molar-refractivity contribution is 0.311. The van der Waals surface area contributed by atoms with Crippen molar-refractivity contribution in [3.63, 3.8) is 0 Å². The Kier molecular flexibility index (Phi) is 5.88. The Balaban J connectivity index is 2.31. The van der Waals surface area contributed by atoms with Crippen molar-refractivity contribution in [1.29, 1.82) is 0 Å². The fourth-order valence-corrected chi connectivity index (χ4v) is 2.25. The van der Waals surface area contributed by atoms with Gasteiger partial charge in [-0.1, -0.05) is 11.6 Å². The Labute approximate surface area is 141 Å². The predicted molar refractivity (Wildman–Crippen MR) is 94.2 cm³/mol. The van der Waals surface area contributed by atoms with Crippen LogP contribution in [0.25, 0.3) is 0 Å². The summed E-state index contributed by atoms with van der Waals surface area (Å²) in [5.41, 5.74) is 2.58. The topological polar surface area (TPSA) is 40.0 Å². The van der Waals surface area contributed by atoms with Crippen LogP contribution in [0.4, 0.5) is 5.69 Å². The molecule has 0 spiro atoms. The first-order valence-corrected chi connectivity index (χ1v) is 7.65. The van der Waals surface area contributed by atoms with Crippen molar-refractivity contribution < 1.29 is 14.2 Å². The van der Waals surface area contributed by atoms with Gasteiger partial charge in [-0.05, 0) is 49.2 Å². The Morgan fingerprint density at radius 1 is 1.04 bits per heavy atom. The van der Waals surface area contributed by atoms with Crippen LogP contribution in [0.15, 0.2) is 35.3 Å². The molecule has 0 aliphatic rings. The van der Waals surface area contributed by atoms with E-state index in [-0.39, 0.29) is 0 Å². The summed E-state index contributed by atoms with van der Waals surface area (Å²) in [6.45, 7) is 4.45. The summed E-state index contributed by atoms with van der Waals surface area (Å²) < 4.78 is 16.2. The first-order chi connectivity index (χ1) is 11.1. The van der Waals surface area contributed by atoms with Gasteiger partial charge >= 0.3 is 0 Å². The third-order valence-corrected chi connectivity index (χ3v) is 3.71. The maximum absolute atomic E-state index is 6.11. The Morgan fingerprint density at radius 2 is 1.78 bits per heavy atom. The number of benzene rings is 2. The molecule has 0 N–H and O–H groups in total. The molecule has 0 unspecified atom stereocenters. The van der Waals surface area contributed by atoms with Crippen LogP contribution in [0.3, 0.4) is 0 Å². The minimum absolute atomic E-state index is 0.588. The van der Waals surface area contributed by atoms with Gasteiger partial charge in [0.1, 0.15) is 11.4 Å². The smallest absolute Gasteiger partial charge is 0.161 e. The molecule has 0 bridgehead atoms. The molecule has 5 heteroatoms. The van der Waals surface area contributed by atoms with Crippen LogP contribution in [0, 0.1) is 6.92 Å². The van der Waals surface area contributed by atoms with Crippen LogP contribution in [-0.4, -0.2) is 27.0 Å². The standard InChI is InChI=1S/C18H20ClNO3/c1-5-23-16-7-6-13(9-18(16)22-4)11-20-15-8-12(2)14(19)10-17(15)21-3/h6-11H,5H2,1-4H3. The summed E-state index contributed by atoms with van der Waals surface area (Å²) in [6, 6.07) is 9.33. The van der Waals surface area contributed by atoms with Crippen molar-refractivity contribution in [2.75, 3.05) is 20.8 Å². The number of hydrogen-bond donors (Lipinski definition) is 0. The monoisotopic (exact) mass is 333 g/mol. The molecule has 0 atom stereocenters. The van der Waals surface area contributed by atoms with Crippen molar-refractivity contribution in [1.82, 2.24) is 0 Å². The van der Waals surface area contributed by atoms with Gasteiger partial charge in [0.15, 0.2) is 11.5 Å². The fourth-order valence-electron chi connectivity index (χ4n) is 2.10. The molecule has 0 saturated carbocycles. The molecular formula is C18H20ClNO3. The number of methoxy groups -OCH3 is 2. The quantitative estimate of drug-likeness (QED) is 0.712. The van der Waals surface area contributed by atoms with Crippen molar-refractivity contribution >= 4 is 23.5 Å². The molecular weight excluding hydrogens is 314 g/mol. The molecule has 4 nitrogen and oxygen atoms in total. The molecule has 0 aliphatic carbocycles. The first-order valence-electron chi connectivity index (χ1n) is 7.28. The van der Waals surface area contributed by atoms with E-state index in [1.54, 1.807) is 26.5 Å². The van der Waals surface area contributed by atoms with Gasteiger partial charge in [0.2, 0.25) is 0 Å². The highest BCUT2D eigenvalue weighted by Crippen LogP contribution is 2.33. The lowest BCUT2D eigenvalue weighted by Gasteiger charge is -2.10. The minimum atomic E-state index is 0.588. The van der Waals surface area contributed by atoms with Crippen LogP contribution in [0.5, 0.6) is 17.2 Å². The largest absolute Gasteiger partial charge is 0.494 e. The van der Waals surface area contributed by atoms with Gasteiger partial charge in [-0.2, -0.15) is 0 Å². The highest BCUT2D eigenvalue weighted by Gasteiger charge is 2.07. The second-order valence-electron chi connectivity index (χ2n) is 4.87. The molecule has 0 aromatic heterocycles. The van der Waals surface area contributed by atoms with Crippen LogP contribution >= 0.6 is 11.6 Å². The SMILES string of the molecule is CCOc1ccc(C=Nc2cc(C)c(Cl)cc2OC)cc1OC. The summed E-state index contributed by atoms with van der Waals surface area (Å²) in [5.74, 6) is 2.02. The maximum Gasteiger partial charge on any atom is 0.161 e. The fraction of sp³-hybridized carbons (Fsp3) is 0.278. The van der Waals surface area contributed by atoms with Crippen molar-refractivity contribution in [3.05, 3.63) is 46.5 Å². The van der Waals surface area contributed by atoms with Gasteiger partial charge in [-0.15, -0.1) is 0 Å². The van der Waals surface area contributed by atoms with Crippen LogP contribution in [-0.2, 0) is 0 Å². The van der Waals surface area contributed by atoms with E-state index in [9.17, 15) is 0 Å². The average Bonchev–Trinajstić information content (AvgIpc) is 2.56. The van der Waals surface area contributed by atoms with Gasteiger partial charge in [-0.3, -0.25) is 4.99 Å². The van der Waals surface area contributed by atoms with Gasteiger partial charge in [0, 0.05) is 17.3 Å². The molecule has 0 radical (unpaired) electrons. The molecule has 2 aromatic rings. The van der Waals surface area contributed by atoms with Gasteiger partial charge < -0.3 is 14.2 Å². The van der Waals surface area contributed by atoms with E-state index in [1.807, 2.05) is 38.1 Å². The Hall–Kier alpha value is -2.20. The van der Waals surface area contributed by atoms with Gasteiger partial charge in [-0.25, -0.2) is 0 Å². The van der Waals surface area contributed by atoms with Crippen molar-refractivity contribution in [3.8, 4) is 17.2 Å². The summed E-state index contributed by atoms with van der Waals surface area (Å²) in [5, 5.41) is 0.656. The number of halogens is 1. The third-order valence-electron chi connectivity index (χ3n) is 3.30. The zero-order valence-electron chi connectivity index (χ0n) is 13.7. The molecule has 0 heterocycles. The van der Waals surface area contributed by atoms with E-state index in [1.165, 1.54) is 0 Å². The van der Waals surface area contributed by atoms with Crippen LogP contribution < -0.4 is 14.2 Å². The van der Waals surface area contributed by atoms with Gasteiger partial charge in [0.25, 0.3) is 0 Å². The molecule has 23 heavy (non-hydrogen) atoms. The summed E-state index contributed by atoms with van der Waals surface area (Å²) in [4.78, 5) is 4.50. The lowest BCUT2D eigenvalue weighted by atomic mass is 10.2. The second-order valence-corrected chi connectivity index (χ2v) is 5.28. The average molecular weight is 334 g/mol. The summed E-state index contributed by atoms with van der Waals surface area (Å²) >= 11 is 6.11. The third kappa shape index (κ3) is 4.17. The highest BCUT2D eigenvalue weighted by molar-refractivity contribution is 6.31. The van der Waals surface area contributed by atoms with Crippen LogP contribution in [0.2, 0.25) is 5.02 Å². The van der Waals surface area contributed by atoms with Crippen molar-refractivity contribution in [2.24, 2.45) is 4.99 Å². The van der Waals surface area contributed by atoms with Gasteiger partial charge in [0.05, 0.1) is 20.8 Å². The lowest BCUT2D eigenvalue weighted by Crippen LogP contribution is -1.96. The highest BCUT2D eigenvalue weighted by atomic mass is 35.5. The van der Waals surface area contributed by atoms with E-state index in [2.05, 4.69) is 4.99 Å². The second kappa shape index (κ2) is 7.88. The molecule has 2 aromatic carbocycles. The van der Waals surface area contributed by atoms with E-state index in [0.717, 1.165) is 16.8 Å². The Bertz CT molecular complexity index is 714. The normalized spacial score (nSPS) is 10.8. The van der Waals surface area contributed by atoms with E-state index >= 15 is 0 Å². The maximum atomic E-state index is 6.11. The number of hydrogen-bond acceptors (Lipinski definition) is 4. The number of rotatable bonds is 6. The zero-order chi connectivity index (χ0) is 16.8. The zero-order valence-corrected chi connectivity index (χ0v) is 14.5. The Morgan fingerprint density at radius 3 is 2.43 bits per heavy atom. The molecule has 0 amide bonds. The number of nitrogens with zero attached hydrogens (tertiary/aromatic N) is 1. The minimum Gasteiger partial charge on any atom is -0.494 e. The van der Waals surface area contributed by atoms with Crippen molar-refractivity contribution in [2.45, 2.75) is 13.8 Å². The molecule has 0 saturated heterocycles. The first kappa shape index (κ1) is 17.2. The number of aliphatic imine (C=N–C) groups is 1. The molecule has 0 aliphatic heterocycles. The summed E-state index contributed by atoms with van der Waals surface area (Å²) in [6.07, 6.45) is 1.75. The van der Waals surface area contributed by atoms with E-state index in [4.69, 9.17) is 25.8 Å². The summed E-state index contributed by atoms with van der Waals surface area (Å²) in [7, 11) is 3.21.